The Balaban J connectivity index is 3.41. The minimum absolute atomic E-state index is 0.0323. The van der Waals surface area contributed by atoms with E-state index in [1.165, 1.54) is 0 Å². The Bertz CT molecular complexity index is 334. The van der Waals surface area contributed by atoms with Gasteiger partial charge >= 0.3 is 11.9 Å². The highest BCUT2D eigenvalue weighted by molar-refractivity contribution is 5.81. The standard InChI is InChI=1S/C15H24O8/c1-3-14(18)22-10-12(16)8-20-6-5-7-21-9-13(17)11-23-15(19)4-2/h3-4,12-13,16-17H,1-2,5-11H2. The quantitative estimate of drug-likeness (QED) is 0.251. The summed E-state index contributed by atoms with van der Waals surface area (Å²) < 4.78 is 19.6. The van der Waals surface area contributed by atoms with Crippen LogP contribution >= 0.6 is 0 Å². The van der Waals surface area contributed by atoms with Crippen LogP contribution in [0.5, 0.6) is 0 Å². The Kier molecular flexibility index (Phi) is 12.8. The lowest BCUT2D eigenvalue weighted by atomic mass is 10.4. The Morgan fingerprint density at radius 1 is 0.826 bits per heavy atom. The van der Waals surface area contributed by atoms with E-state index in [2.05, 4.69) is 22.6 Å². The molecule has 0 aliphatic carbocycles. The van der Waals surface area contributed by atoms with Gasteiger partial charge in [0.2, 0.25) is 0 Å². The number of ether oxygens (including phenoxy) is 4. The van der Waals surface area contributed by atoms with E-state index in [0.29, 0.717) is 19.6 Å². The first-order valence-corrected chi connectivity index (χ1v) is 7.09. The molecule has 0 rings (SSSR count). The van der Waals surface area contributed by atoms with Crippen molar-refractivity contribution in [2.75, 3.05) is 39.6 Å². The van der Waals surface area contributed by atoms with Crippen LogP contribution in [0.2, 0.25) is 0 Å². The van der Waals surface area contributed by atoms with Gasteiger partial charge in [0.1, 0.15) is 25.4 Å². The van der Waals surface area contributed by atoms with E-state index in [9.17, 15) is 19.8 Å². The van der Waals surface area contributed by atoms with E-state index < -0.39 is 24.1 Å². The second-order valence-corrected chi connectivity index (χ2v) is 4.48. The van der Waals surface area contributed by atoms with Gasteiger partial charge in [-0.25, -0.2) is 9.59 Å². The van der Waals surface area contributed by atoms with Crippen LogP contribution < -0.4 is 0 Å². The average Bonchev–Trinajstić information content (AvgIpc) is 2.56. The zero-order valence-electron chi connectivity index (χ0n) is 13.0. The van der Waals surface area contributed by atoms with Gasteiger partial charge in [-0.2, -0.15) is 0 Å². The predicted molar refractivity (Wildman–Crippen MR) is 80.6 cm³/mol. The number of hydrogen-bond donors (Lipinski definition) is 2. The van der Waals surface area contributed by atoms with Gasteiger partial charge in [0.15, 0.2) is 0 Å². The summed E-state index contributed by atoms with van der Waals surface area (Å²) in [4.78, 5) is 21.5. The zero-order valence-corrected chi connectivity index (χ0v) is 13.0. The van der Waals surface area contributed by atoms with Gasteiger partial charge in [-0.3, -0.25) is 0 Å². The van der Waals surface area contributed by atoms with Crippen LogP contribution in [0.15, 0.2) is 25.3 Å². The molecular weight excluding hydrogens is 308 g/mol. The van der Waals surface area contributed by atoms with Crippen LogP contribution in [0.1, 0.15) is 6.42 Å². The molecule has 8 heteroatoms. The molecule has 0 aliphatic heterocycles. The number of rotatable bonds is 14. The van der Waals surface area contributed by atoms with Gasteiger partial charge in [-0.1, -0.05) is 13.2 Å². The molecule has 132 valence electrons. The van der Waals surface area contributed by atoms with Crippen molar-refractivity contribution in [3.05, 3.63) is 25.3 Å². The van der Waals surface area contributed by atoms with Crippen molar-refractivity contribution >= 4 is 11.9 Å². The second kappa shape index (κ2) is 13.9. The van der Waals surface area contributed by atoms with Gasteiger partial charge in [0, 0.05) is 25.4 Å². The fraction of sp³-hybridized carbons (Fsp3) is 0.600. The number of aliphatic hydroxyl groups excluding tert-OH is 2. The van der Waals surface area contributed by atoms with Crippen molar-refractivity contribution in [2.45, 2.75) is 18.6 Å². The largest absolute Gasteiger partial charge is 0.460 e. The van der Waals surface area contributed by atoms with Crippen molar-refractivity contribution in [3.63, 3.8) is 0 Å². The summed E-state index contributed by atoms with van der Waals surface area (Å²) in [5.74, 6) is -1.20. The summed E-state index contributed by atoms with van der Waals surface area (Å²) in [5, 5.41) is 18.9. The van der Waals surface area contributed by atoms with Crippen LogP contribution in [0.4, 0.5) is 0 Å². The van der Waals surface area contributed by atoms with Crippen molar-refractivity contribution in [3.8, 4) is 0 Å². The summed E-state index contributed by atoms with van der Waals surface area (Å²) in [6.45, 7) is 6.90. The number of carbonyl (C=O) groups is 2. The summed E-state index contributed by atoms with van der Waals surface area (Å²) >= 11 is 0. The van der Waals surface area contributed by atoms with E-state index in [-0.39, 0.29) is 26.4 Å². The molecule has 0 saturated carbocycles. The smallest absolute Gasteiger partial charge is 0.330 e. The molecule has 0 saturated heterocycles. The molecule has 0 spiro atoms. The van der Waals surface area contributed by atoms with Crippen LogP contribution in [0.3, 0.4) is 0 Å². The van der Waals surface area contributed by atoms with Crippen LogP contribution in [0.25, 0.3) is 0 Å². The Morgan fingerprint density at radius 3 is 1.57 bits per heavy atom. The molecule has 0 radical (unpaired) electrons. The maximum atomic E-state index is 10.8. The van der Waals surface area contributed by atoms with E-state index in [1.807, 2.05) is 0 Å². The maximum Gasteiger partial charge on any atom is 0.330 e. The summed E-state index contributed by atoms with van der Waals surface area (Å²) in [6, 6.07) is 0. The van der Waals surface area contributed by atoms with Crippen LogP contribution in [-0.2, 0) is 28.5 Å². The van der Waals surface area contributed by atoms with Crippen molar-refractivity contribution in [2.24, 2.45) is 0 Å². The third-order valence-corrected chi connectivity index (χ3v) is 2.37. The van der Waals surface area contributed by atoms with Gasteiger partial charge < -0.3 is 29.2 Å². The van der Waals surface area contributed by atoms with Gasteiger partial charge in [0.25, 0.3) is 0 Å². The highest BCUT2D eigenvalue weighted by Gasteiger charge is 2.08. The molecule has 0 aromatic heterocycles. The summed E-state index contributed by atoms with van der Waals surface area (Å²) in [6.07, 6.45) is 0.774. The fourth-order valence-electron chi connectivity index (χ4n) is 1.27. The molecule has 0 amide bonds. The number of carbonyl (C=O) groups excluding carboxylic acids is 2. The Labute approximate surface area is 135 Å². The lowest BCUT2D eigenvalue weighted by Crippen LogP contribution is -2.24. The fourth-order valence-corrected chi connectivity index (χ4v) is 1.27. The van der Waals surface area contributed by atoms with Gasteiger partial charge in [0.05, 0.1) is 13.2 Å². The molecule has 0 heterocycles. The minimum atomic E-state index is -0.902. The minimum Gasteiger partial charge on any atom is -0.460 e. The molecule has 2 unspecified atom stereocenters. The van der Waals surface area contributed by atoms with Gasteiger partial charge in [-0.05, 0) is 6.42 Å². The van der Waals surface area contributed by atoms with E-state index in [4.69, 9.17) is 9.47 Å². The molecule has 2 atom stereocenters. The Morgan fingerprint density at radius 2 is 1.22 bits per heavy atom. The third kappa shape index (κ3) is 13.6. The monoisotopic (exact) mass is 332 g/mol. The SMILES string of the molecule is C=CC(=O)OCC(O)COCCCOCC(O)COC(=O)C=C. The highest BCUT2D eigenvalue weighted by Crippen LogP contribution is 1.94. The molecule has 0 aromatic carbocycles. The molecule has 0 aromatic rings. The topological polar surface area (TPSA) is 112 Å². The molecule has 23 heavy (non-hydrogen) atoms. The van der Waals surface area contributed by atoms with Crippen molar-refractivity contribution in [1.82, 2.24) is 0 Å². The van der Waals surface area contributed by atoms with E-state index in [0.717, 1.165) is 12.2 Å². The highest BCUT2D eigenvalue weighted by atomic mass is 16.6. The predicted octanol–water partition coefficient (Wildman–Crippen LogP) is -0.410. The summed E-state index contributed by atoms with van der Waals surface area (Å²) in [5.41, 5.74) is 0. The molecule has 0 fully saturated rings. The lowest BCUT2D eigenvalue weighted by molar-refractivity contribution is -0.142. The lowest BCUT2D eigenvalue weighted by Gasteiger charge is -2.12. The molecule has 0 aliphatic rings. The first-order valence-electron chi connectivity index (χ1n) is 7.09. The second-order valence-electron chi connectivity index (χ2n) is 4.48. The number of hydrogen-bond acceptors (Lipinski definition) is 8. The third-order valence-electron chi connectivity index (χ3n) is 2.37. The molecule has 8 nitrogen and oxygen atoms in total. The van der Waals surface area contributed by atoms with Crippen molar-refractivity contribution < 1.29 is 38.7 Å². The normalized spacial score (nSPS) is 13.0. The molecule has 0 bridgehead atoms. The molecule has 2 N–H and O–H groups in total. The average molecular weight is 332 g/mol. The van der Waals surface area contributed by atoms with Crippen molar-refractivity contribution in [1.29, 1.82) is 0 Å². The number of esters is 2. The van der Waals surface area contributed by atoms with Crippen LogP contribution in [0, 0.1) is 0 Å². The maximum absolute atomic E-state index is 10.8. The van der Waals surface area contributed by atoms with E-state index in [1.54, 1.807) is 0 Å². The number of aliphatic hydroxyl groups is 2. The first kappa shape index (κ1) is 21.3. The first-order chi connectivity index (χ1) is 11.0. The van der Waals surface area contributed by atoms with E-state index >= 15 is 0 Å². The Hall–Kier alpha value is -1.74. The van der Waals surface area contributed by atoms with Crippen LogP contribution in [-0.4, -0.2) is 74.0 Å². The van der Waals surface area contributed by atoms with Gasteiger partial charge in [-0.15, -0.1) is 0 Å². The summed E-state index contributed by atoms with van der Waals surface area (Å²) in [7, 11) is 0. The molecular formula is C15H24O8. The zero-order chi connectivity index (χ0) is 17.5.